The first kappa shape index (κ1) is 57.1. The zero-order valence-electron chi connectivity index (χ0n) is 39.5. The lowest BCUT2D eigenvalue weighted by atomic mass is 10.1. The van der Waals surface area contributed by atoms with Crippen LogP contribution in [0.25, 0.3) is 0 Å². The van der Waals surface area contributed by atoms with E-state index in [0.717, 1.165) is 103 Å². The summed E-state index contributed by atoms with van der Waals surface area (Å²) in [5, 5.41) is 0. The van der Waals surface area contributed by atoms with Gasteiger partial charge < -0.3 is 14.2 Å². The Morgan fingerprint density at radius 1 is 0.350 bits per heavy atom. The summed E-state index contributed by atoms with van der Waals surface area (Å²) < 4.78 is 16.7. The number of ether oxygens (including phenoxy) is 3. The summed E-state index contributed by atoms with van der Waals surface area (Å²) in [6.07, 6.45) is 59.2. The van der Waals surface area contributed by atoms with Crippen LogP contribution in [-0.2, 0) is 28.6 Å². The van der Waals surface area contributed by atoms with E-state index in [1.54, 1.807) is 0 Å². The highest BCUT2D eigenvalue weighted by molar-refractivity contribution is 5.71. The van der Waals surface area contributed by atoms with Crippen molar-refractivity contribution in [3.05, 3.63) is 60.8 Å². The highest BCUT2D eigenvalue weighted by Crippen LogP contribution is 2.14. The van der Waals surface area contributed by atoms with E-state index in [0.29, 0.717) is 19.3 Å². The second kappa shape index (κ2) is 48.8. The molecule has 1 unspecified atom stereocenters. The number of hydrogen-bond acceptors (Lipinski definition) is 6. The van der Waals surface area contributed by atoms with Crippen LogP contribution in [0.2, 0.25) is 0 Å². The van der Waals surface area contributed by atoms with Crippen LogP contribution >= 0.6 is 0 Å². The van der Waals surface area contributed by atoms with Crippen LogP contribution in [0.4, 0.5) is 0 Å². The van der Waals surface area contributed by atoms with E-state index in [9.17, 15) is 14.4 Å². The number of rotatable bonds is 45. The molecule has 346 valence electrons. The van der Waals surface area contributed by atoms with E-state index in [2.05, 4.69) is 81.5 Å². The molecule has 0 saturated heterocycles. The molecule has 0 rings (SSSR count). The van der Waals surface area contributed by atoms with Crippen molar-refractivity contribution >= 4 is 17.9 Å². The van der Waals surface area contributed by atoms with Crippen molar-refractivity contribution in [3.8, 4) is 0 Å². The van der Waals surface area contributed by atoms with Gasteiger partial charge in [-0.3, -0.25) is 14.4 Å². The fourth-order valence-corrected chi connectivity index (χ4v) is 6.96. The van der Waals surface area contributed by atoms with Crippen molar-refractivity contribution < 1.29 is 28.6 Å². The Morgan fingerprint density at radius 2 is 0.650 bits per heavy atom. The standard InChI is InChI=1S/C54H94O6/c1-4-7-10-13-16-19-21-23-25-26-27-28-30-31-33-35-38-41-44-47-53(56)59-50-51(49-58-52(55)46-43-40-37-18-15-12-9-6-3)60-54(57)48-45-42-39-36-34-32-29-24-22-20-17-14-11-8-5-2/h7,10,16,19,23-25,27-29,51H,4-6,8-9,11-15,17-18,20-22,26,30-50H2,1-3H3/b10-7-,19-16-,25-23-,28-27-,29-24-. The molecule has 60 heavy (non-hydrogen) atoms. The number of unbranched alkanes of at least 4 members (excludes halogenated alkanes) is 24. The predicted molar refractivity (Wildman–Crippen MR) is 256 cm³/mol. The molecule has 0 aliphatic heterocycles. The molecule has 0 aliphatic carbocycles. The number of esters is 3. The molecule has 0 bridgehead atoms. The maximum atomic E-state index is 12.8. The summed E-state index contributed by atoms with van der Waals surface area (Å²) in [7, 11) is 0. The normalized spacial score (nSPS) is 12.5. The molecule has 0 aliphatic rings. The summed E-state index contributed by atoms with van der Waals surface area (Å²) in [4.78, 5) is 37.8. The van der Waals surface area contributed by atoms with Gasteiger partial charge in [-0.2, -0.15) is 0 Å². The molecule has 0 aromatic carbocycles. The molecule has 0 fully saturated rings. The molecule has 0 N–H and O–H groups in total. The third kappa shape index (κ3) is 46.2. The van der Waals surface area contributed by atoms with Crippen LogP contribution in [-0.4, -0.2) is 37.2 Å². The Bertz CT molecular complexity index is 1100. The van der Waals surface area contributed by atoms with Crippen molar-refractivity contribution in [2.45, 2.75) is 252 Å². The van der Waals surface area contributed by atoms with Crippen molar-refractivity contribution in [2.24, 2.45) is 0 Å². The van der Waals surface area contributed by atoms with Gasteiger partial charge >= 0.3 is 17.9 Å². The van der Waals surface area contributed by atoms with Gasteiger partial charge in [-0.25, -0.2) is 0 Å². The van der Waals surface area contributed by atoms with Crippen LogP contribution in [0.1, 0.15) is 245 Å². The van der Waals surface area contributed by atoms with E-state index in [4.69, 9.17) is 14.2 Å². The Morgan fingerprint density at radius 3 is 1.03 bits per heavy atom. The summed E-state index contributed by atoms with van der Waals surface area (Å²) in [5.74, 6) is -0.906. The number of hydrogen-bond donors (Lipinski definition) is 0. The zero-order valence-corrected chi connectivity index (χ0v) is 39.5. The van der Waals surface area contributed by atoms with Gasteiger partial charge in [-0.05, 0) is 83.5 Å². The van der Waals surface area contributed by atoms with E-state index < -0.39 is 6.10 Å². The molecule has 0 aromatic rings. The average molecular weight is 839 g/mol. The van der Waals surface area contributed by atoms with Crippen LogP contribution in [0.15, 0.2) is 60.8 Å². The van der Waals surface area contributed by atoms with E-state index in [1.165, 1.54) is 103 Å². The summed E-state index contributed by atoms with van der Waals surface area (Å²) in [6, 6.07) is 0. The van der Waals surface area contributed by atoms with Gasteiger partial charge in [0, 0.05) is 19.3 Å². The summed E-state index contributed by atoms with van der Waals surface area (Å²) in [5.41, 5.74) is 0. The fraction of sp³-hybridized carbons (Fsp3) is 0.759. The second-order valence-corrected chi connectivity index (χ2v) is 16.7. The van der Waals surface area contributed by atoms with Crippen LogP contribution < -0.4 is 0 Å². The lowest BCUT2D eigenvalue weighted by molar-refractivity contribution is -0.167. The molecule has 6 heteroatoms. The molecule has 0 heterocycles. The van der Waals surface area contributed by atoms with Gasteiger partial charge in [0.25, 0.3) is 0 Å². The first-order valence-electron chi connectivity index (χ1n) is 25.3. The van der Waals surface area contributed by atoms with Crippen LogP contribution in [0, 0.1) is 0 Å². The summed E-state index contributed by atoms with van der Waals surface area (Å²) >= 11 is 0. The number of carbonyl (C=O) groups excluding carboxylic acids is 3. The largest absolute Gasteiger partial charge is 0.462 e. The maximum Gasteiger partial charge on any atom is 0.306 e. The van der Waals surface area contributed by atoms with Crippen molar-refractivity contribution in [1.29, 1.82) is 0 Å². The first-order valence-corrected chi connectivity index (χ1v) is 25.3. The molecule has 0 amide bonds. The molecule has 0 radical (unpaired) electrons. The van der Waals surface area contributed by atoms with Gasteiger partial charge in [-0.1, -0.05) is 204 Å². The molecular formula is C54H94O6. The highest BCUT2D eigenvalue weighted by Gasteiger charge is 2.19. The first-order chi connectivity index (χ1) is 29.5. The fourth-order valence-electron chi connectivity index (χ4n) is 6.96. The molecule has 6 nitrogen and oxygen atoms in total. The lowest BCUT2D eigenvalue weighted by Gasteiger charge is -2.18. The van der Waals surface area contributed by atoms with E-state index in [-0.39, 0.29) is 31.1 Å². The smallest absolute Gasteiger partial charge is 0.306 e. The van der Waals surface area contributed by atoms with Gasteiger partial charge in [-0.15, -0.1) is 0 Å². The molecule has 0 spiro atoms. The molecule has 0 saturated carbocycles. The third-order valence-electron chi connectivity index (χ3n) is 10.8. The molecular weight excluding hydrogens is 745 g/mol. The van der Waals surface area contributed by atoms with Gasteiger partial charge in [0.1, 0.15) is 13.2 Å². The minimum absolute atomic E-state index is 0.0812. The number of carbonyl (C=O) groups is 3. The quantitative estimate of drug-likeness (QED) is 0.0263. The summed E-state index contributed by atoms with van der Waals surface area (Å²) in [6.45, 7) is 6.47. The second-order valence-electron chi connectivity index (χ2n) is 16.7. The molecule has 0 aromatic heterocycles. The Balaban J connectivity index is 4.33. The van der Waals surface area contributed by atoms with E-state index >= 15 is 0 Å². The highest BCUT2D eigenvalue weighted by atomic mass is 16.6. The van der Waals surface area contributed by atoms with Crippen molar-refractivity contribution in [2.75, 3.05) is 13.2 Å². The SMILES string of the molecule is CC/C=C\C/C=C\C/C=C\C/C=C\CCCCCCCCC(=O)OCC(COC(=O)CCCCCCCCCC)OC(=O)CCCCCCC/C=C\CCCCCCCC. The van der Waals surface area contributed by atoms with Crippen LogP contribution in [0.3, 0.4) is 0 Å². The Hall–Kier alpha value is -2.89. The Labute approximate surface area is 370 Å². The van der Waals surface area contributed by atoms with Gasteiger partial charge in [0.2, 0.25) is 0 Å². The topological polar surface area (TPSA) is 78.9 Å². The van der Waals surface area contributed by atoms with Crippen molar-refractivity contribution in [1.82, 2.24) is 0 Å². The minimum atomic E-state index is -0.780. The monoisotopic (exact) mass is 839 g/mol. The van der Waals surface area contributed by atoms with E-state index in [1.807, 2.05) is 0 Å². The van der Waals surface area contributed by atoms with Crippen LogP contribution in [0.5, 0.6) is 0 Å². The average Bonchev–Trinajstić information content (AvgIpc) is 3.24. The predicted octanol–water partition coefficient (Wildman–Crippen LogP) is 16.5. The molecule has 1 atom stereocenters. The third-order valence-corrected chi connectivity index (χ3v) is 10.8. The van der Waals surface area contributed by atoms with Gasteiger partial charge in [0.15, 0.2) is 6.10 Å². The number of allylic oxidation sites excluding steroid dienone is 10. The minimum Gasteiger partial charge on any atom is -0.462 e. The maximum absolute atomic E-state index is 12.8. The lowest BCUT2D eigenvalue weighted by Crippen LogP contribution is -2.30. The van der Waals surface area contributed by atoms with Gasteiger partial charge in [0.05, 0.1) is 0 Å². The Kier molecular flexibility index (Phi) is 46.4. The zero-order chi connectivity index (χ0) is 43.7. The van der Waals surface area contributed by atoms with Crippen molar-refractivity contribution in [3.63, 3.8) is 0 Å².